The highest BCUT2D eigenvalue weighted by Gasteiger charge is 2.30. The smallest absolute Gasteiger partial charge is 0.321 e. The maximum Gasteiger partial charge on any atom is 0.321 e. The number of carbonyl (C=O) groups is 2. The van der Waals surface area contributed by atoms with Crippen LogP contribution < -0.4 is 10.2 Å². The Balaban J connectivity index is 1.54. The highest BCUT2D eigenvalue weighted by Crippen LogP contribution is 2.27. The fraction of sp³-hybridized carbons (Fsp3) is 0.333. The summed E-state index contributed by atoms with van der Waals surface area (Å²) in [4.78, 5) is 28.5. The lowest BCUT2D eigenvalue weighted by Gasteiger charge is -2.37. The van der Waals surface area contributed by atoms with Crippen molar-refractivity contribution in [1.29, 1.82) is 0 Å². The zero-order valence-electron chi connectivity index (χ0n) is 15.3. The topological polar surface area (TPSA) is 61.9 Å². The largest absolute Gasteiger partial charge is 0.367 e. The second-order valence-corrected chi connectivity index (χ2v) is 6.99. The lowest BCUT2D eigenvalue weighted by atomic mass is 10.1. The molecule has 2 atom stereocenters. The third-order valence-electron chi connectivity index (χ3n) is 4.98. The van der Waals surface area contributed by atoms with Gasteiger partial charge in [-0.05, 0) is 30.7 Å². The summed E-state index contributed by atoms with van der Waals surface area (Å²) in [6, 6.07) is 17.1. The van der Waals surface area contributed by atoms with Gasteiger partial charge in [0.1, 0.15) is 6.10 Å². The molecule has 2 unspecified atom stereocenters. The number of anilines is 1. The lowest BCUT2D eigenvalue weighted by molar-refractivity contribution is -0.0691. The molecule has 2 aliphatic heterocycles. The number of nitrogens with one attached hydrogen (secondary N) is 1. The van der Waals surface area contributed by atoms with Gasteiger partial charge >= 0.3 is 6.03 Å². The minimum Gasteiger partial charge on any atom is -0.367 e. The van der Waals surface area contributed by atoms with Gasteiger partial charge in [0, 0.05) is 30.9 Å². The molecule has 2 aromatic rings. The number of ether oxygens (including phenoxy) is 1. The molecule has 140 valence electrons. The van der Waals surface area contributed by atoms with E-state index in [-0.39, 0.29) is 24.1 Å². The van der Waals surface area contributed by atoms with Gasteiger partial charge in [0.2, 0.25) is 0 Å². The molecule has 2 heterocycles. The maximum atomic E-state index is 13.1. The van der Waals surface area contributed by atoms with Crippen LogP contribution in [-0.4, -0.2) is 49.1 Å². The van der Waals surface area contributed by atoms with Crippen molar-refractivity contribution in [3.8, 4) is 0 Å². The summed E-state index contributed by atoms with van der Waals surface area (Å²) in [5.74, 6) is -0.0347. The third kappa shape index (κ3) is 3.66. The average Bonchev–Trinajstić information content (AvgIpc) is 3.13. The SMILES string of the molecule is CC1CN(C(=O)c2cccc(N3CCNC3=O)c2)CC(c2ccccc2)O1. The van der Waals surface area contributed by atoms with Crippen molar-refractivity contribution in [2.24, 2.45) is 0 Å². The minimum absolute atomic E-state index is 0.0347. The minimum atomic E-state index is -0.133. The number of benzene rings is 2. The molecule has 0 aliphatic carbocycles. The number of urea groups is 1. The molecule has 3 amide bonds. The Labute approximate surface area is 158 Å². The summed E-state index contributed by atoms with van der Waals surface area (Å²) >= 11 is 0. The summed E-state index contributed by atoms with van der Waals surface area (Å²) < 4.78 is 6.05. The van der Waals surface area contributed by atoms with Crippen molar-refractivity contribution in [3.05, 3.63) is 65.7 Å². The Morgan fingerprint density at radius 2 is 1.93 bits per heavy atom. The first-order valence-corrected chi connectivity index (χ1v) is 9.27. The first kappa shape index (κ1) is 17.5. The first-order valence-electron chi connectivity index (χ1n) is 9.27. The Morgan fingerprint density at radius 1 is 1.11 bits per heavy atom. The zero-order valence-corrected chi connectivity index (χ0v) is 15.3. The molecule has 6 nitrogen and oxygen atoms in total. The van der Waals surface area contributed by atoms with E-state index in [4.69, 9.17) is 4.74 Å². The standard InChI is InChI=1S/C21H23N3O3/c1-15-13-23(14-19(27-15)16-6-3-2-4-7-16)20(25)17-8-5-9-18(12-17)24-11-10-22-21(24)26/h2-9,12,15,19H,10-11,13-14H2,1H3,(H,22,26). The van der Waals surface area contributed by atoms with Crippen LogP contribution in [-0.2, 0) is 4.74 Å². The van der Waals surface area contributed by atoms with E-state index in [1.54, 1.807) is 17.0 Å². The summed E-state index contributed by atoms with van der Waals surface area (Å²) in [5.41, 5.74) is 2.41. The second kappa shape index (κ2) is 7.40. The van der Waals surface area contributed by atoms with Gasteiger partial charge in [-0.2, -0.15) is 0 Å². The molecule has 27 heavy (non-hydrogen) atoms. The number of amides is 3. The van der Waals surface area contributed by atoms with Gasteiger partial charge in [-0.15, -0.1) is 0 Å². The van der Waals surface area contributed by atoms with Crippen LogP contribution in [0.1, 0.15) is 28.9 Å². The van der Waals surface area contributed by atoms with Gasteiger partial charge in [0.05, 0.1) is 12.6 Å². The number of hydrogen-bond donors (Lipinski definition) is 1. The van der Waals surface area contributed by atoms with Gasteiger partial charge in [0.15, 0.2) is 0 Å². The number of nitrogens with zero attached hydrogens (tertiary/aromatic N) is 2. The van der Waals surface area contributed by atoms with E-state index in [2.05, 4.69) is 5.32 Å². The molecule has 0 spiro atoms. The number of rotatable bonds is 3. The lowest BCUT2D eigenvalue weighted by Crippen LogP contribution is -2.46. The van der Waals surface area contributed by atoms with Crippen LogP contribution in [0, 0.1) is 0 Å². The van der Waals surface area contributed by atoms with Crippen molar-refractivity contribution in [2.75, 3.05) is 31.1 Å². The number of carbonyl (C=O) groups excluding carboxylic acids is 2. The molecule has 0 aromatic heterocycles. The predicted molar refractivity (Wildman–Crippen MR) is 103 cm³/mol. The van der Waals surface area contributed by atoms with E-state index < -0.39 is 0 Å². The van der Waals surface area contributed by atoms with Crippen LogP contribution >= 0.6 is 0 Å². The summed E-state index contributed by atoms with van der Waals surface area (Å²) in [7, 11) is 0. The Bertz CT molecular complexity index is 840. The molecule has 2 aliphatic rings. The van der Waals surface area contributed by atoms with E-state index in [0.717, 1.165) is 11.3 Å². The molecular weight excluding hydrogens is 342 g/mol. The molecule has 2 saturated heterocycles. The van der Waals surface area contributed by atoms with Gasteiger partial charge < -0.3 is 15.0 Å². The van der Waals surface area contributed by atoms with Crippen molar-refractivity contribution < 1.29 is 14.3 Å². The van der Waals surface area contributed by atoms with Crippen LogP contribution in [0.5, 0.6) is 0 Å². The summed E-state index contributed by atoms with van der Waals surface area (Å²) in [5, 5.41) is 2.79. The van der Waals surface area contributed by atoms with Crippen LogP contribution in [0.15, 0.2) is 54.6 Å². The van der Waals surface area contributed by atoms with E-state index >= 15 is 0 Å². The monoisotopic (exact) mass is 365 g/mol. The fourth-order valence-electron chi connectivity index (χ4n) is 3.68. The molecular formula is C21H23N3O3. The van der Waals surface area contributed by atoms with Crippen molar-refractivity contribution in [1.82, 2.24) is 10.2 Å². The molecule has 2 aromatic carbocycles. The van der Waals surface area contributed by atoms with Gasteiger partial charge in [-0.1, -0.05) is 36.4 Å². The molecule has 0 bridgehead atoms. The first-order chi connectivity index (χ1) is 13.1. The van der Waals surface area contributed by atoms with E-state index in [1.165, 1.54) is 0 Å². The Hall–Kier alpha value is -2.86. The fourth-order valence-corrected chi connectivity index (χ4v) is 3.68. The van der Waals surface area contributed by atoms with E-state index in [9.17, 15) is 9.59 Å². The third-order valence-corrected chi connectivity index (χ3v) is 4.98. The molecule has 6 heteroatoms. The predicted octanol–water partition coefficient (Wildman–Crippen LogP) is 2.82. The number of morpholine rings is 1. The van der Waals surface area contributed by atoms with Crippen molar-refractivity contribution in [2.45, 2.75) is 19.1 Å². The van der Waals surface area contributed by atoms with E-state index in [1.807, 2.05) is 54.3 Å². The summed E-state index contributed by atoms with van der Waals surface area (Å²) in [6.07, 6.45) is -0.174. The van der Waals surface area contributed by atoms with Crippen molar-refractivity contribution in [3.63, 3.8) is 0 Å². The van der Waals surface area contributed by atoms with Gasteiger partial charge in [-0.3, -0.25) is 9.69 Å². The normalized spacial score (nSPS) is 22.6. The molecule has 4 rings (SSSR count). The zero-order chi connectivity index (χ0) is 18.8. The van der Waals surface area contributed by atoms with Gasteiger partial charge in [0.25, 0.3) is 5.91 Å². The van der Waals surface area contributed by atoms with Crippen LogP contribution in [0.2, 0.25) is 0 Å². The second-order valence-electron chi connectivity index (χ2n) is 6.99. The highest BCUT2D eigenvalue weighted by atomic mass is 16.5. The molecule has 2 fully saturated rings. The molecule has 1 N–H and O–H groups in total. The number of hydrogen-bond acceptors (Lipinski definition) is 3. The maximum absolute atomic E-state index is 13.1. The van der Waals surface area contributed by atoms with Crippen LogP contribution in [0.3, 0.4) is 0 Å². The van der Waals surface area contributed by atoms with E-state index in [0.29, 0.717) is 31.7 Å². The van der Waals surface area contributed by atoms with Crippen LogP contribution in [0.25, 0.3) is 0 Å². The van der Waals surface area contributed by atoms with Gasteiger partial charge in [-0.25, -0.2) is 4.79 Å². The van der Waals surface area contributed by atoms with Crippen LogP contribution in [0.4, 0.5) is 10.5 Å². The van der Waals surface area contributed by atoms with Crippen molar-refractivity contribution >= 4 is 17.6 Å². The highest BCUT2D eigenvalue weighted by molar-refractivity contribution is 5.98. The summed E-state index contributed by atoms with van der Waals surface area (Å²) in [6.45, 7) is 4.29. The average molecular weight is 365 g/mol. The Kier molecular flexibility index (Phi) is 4.81. The Morgan fingerprint density at radius 3 is 2.67 bits per heavy atom. The molecule has 0 saturated carbocycles. The molecule has 0 radical (unpaired) electrons. The quantitative estimate of drug-likeness (QED) is 0.910.